The minimum atomic E-state index is 0.0589. The number of aryl methyl sites for hydroxylation is 3. The molecule has 0 bridgehead atoms. The van der Waals surface area contributed by atoms with Crippen LogP contribution in [0, 0.1) is 13.8 Å². The van der Waals surface area contributed by atoms with Crippen molar-refractivity contribution in [2.75, 3.05) is 6.54 Å². The van der Waals surface area contributed by atoms with Crippen LogP contribution in [0.15, 0.2) is 21.3 Å². The van der Waals surface area contributed by atoms with Gasteiger partial charge in [-0.05, 0) is 55.5 Å². The summed E-state index contributed by atoms with van der Waals surface area (Å²) < 4.78 is 5.19. The zero-order valence-corrected chi connectivity index (χ0v) is 16.1. The Morgan fingerprint density at radius 3 is 2.96 bits per heavy atom. The molecule has 0 aromatic carbocycles. The predicted octanol–water partition coefficient (Wildman–Crippen LogP) is 2.98. The standard InChI is InChI=1S/C19H25N3O3S/c1-13-17(14(2)25-21-13)11-22-9-7-16(4-6-19(22)24)20-18(23)5-3-15-8-10-26-12-15/h8,10,12,16H,3-7,9,11H2,1-2H3,(H,20,23). The number of nitrogens with one attached hydrogen (secondary N) is 1. The van der Waals surface area contributed by atoms with Gasteiger partial charge in [0.1, 0.15) is 5.76 Å². The van der Waals surface area contributed by atoms with Crippen molar-refractivity contribution in [2.24, 2.45) is 0 Å². The Morgan fingerprint density at radius 1 is 1.42 bits per heavy atom. The number of aromatic nitrogens is 1. The van der Waals surface area contributed by atoms with Gasteiger partial charge >= 0.3 is 0 Å². The number of nitrogens with zero attached hydrogens (tertiary/aromatic N) is 2. The number of hydrogen-bond acceptors (Lipinski definition) is 5. The van der Waals surface area contributed by atoms with E-state index in [9.17, 15) is 9.59 Å². The van der Waals surface area contributed by atoms with Crippen LogP contribution in [0.1, 0.15) is 48.3 Å². The first-order valence-electron chi connectivity index (χ1n) is 9.03. The molecule has 3 heterocycles. The molecule has 1 atom stereocenters. The zero-order chi connectivity index (χ0) is 18.5. The van der Waals surface area contributed by atoms with E-state index < -0.39 is 0 Å². The van der Waals surface area contributed by atoms with Gasteiger partial charge < -0.3 is 14.7 Å². The summed E-state index contributed by atoms with van der Waals surface area (Å²) in [5.41, 5.74) is 3.02. The largest absolute Gasteiger partial charge is 0.361 e. The molecule has 140 valence electrons. The van der Waals surface area contributed by atoms with Crippen molar-refractivity contribution in [1.82, 2.24) is 15.4 Å². The molecule has 0 spiro atoms. The van der Waals surface area contributed by atoms with Gasteiger partial charge in [-0.2, -0.15) is 11.3 Å². The molecule has 1 unspecified atom stereocenters. The molecule has 26 heavy (non-hydrogen) atoms. The van der Waals surface area contributed by atoms with Crippen molar-refractivity contribution >= 4 is 23.2 Å². The van der Waals surface area contributed by atoms with Crippen LogP contribution in [0.25, 0.3) is 0 Å². The monoisotopic (exact) mass is 375 g/mol. The summed E-state index contributed by atoms with van der Waals surface area (Å²) in [5, 5.41) is 11.2. The summed E-state index contributed by atoms with van der Waals surface area (Å²) in [4.78, 5) is 26.5. The number of hydrogen-bond donors (Lipinski definition) is 1. The Balaban J connectivity index is 1.50. The highest BCUT2D eigenvalue weighted by Gasteiger charge is 2.25. The van der Waals surface area contributed by atoms with E-state index in [2.05, 4.69) is 21.9 Å². The van der Waals surface area contributed by atoms with Gasteiger partial charge in [-0.1, -0.05) is 5.16 Å². The van der Waals surface area contributed by atoms with Gasteiger partial charge in [0.05, 0.1) is 12.2 Å². The highest BCUT2D eigenvalue weighted by Crippen LogP contribution is 2.19. The summed E-state index contributed by atoms with van der Waals surface area (Å²) in [6, 6.07) is 2.11. The fraction of sp³-hybridized carbons (Fsp3) is 0.526. The minimum absolute atomic E-state index is 0.0589. The lowest BCUT2D eigenvalue weighted by molar-refractivity contribution is -0.131. The fourth-order valence-corrected chi connectivity index (χ4v) is 3.96. The second-order valence-electron chi connectivity index (χ2n) is 6.84. The van der Waals surface area contributed by atoms with Gasteiger partial charge in [-0.25, -0.2) is 0 Å². The normalized spacial score (nSPS) is 18.0. The second kappa shape index (κ2) is 8.49. The lowest BCUT2D eigenvalue weighted by Gasteiger charge is -2.21. The second-order valence-corrected chi connectivity index (χ2v) is 7.62. The number of amides is 2. The van der Waals surface area contributed by atoms with Crippen LogP contribution in [0.2, 0.25) is 0 Å². The van der Waals surface area contributed by atoms with E-state index in [0.717, 1.165) is 29.9 Å². The van der Waals surface area contributed by atoms with E-state index in [1.165, 1.54) is 5.56 Å². The highest BCUT2D eigenvalue weighted by molar-refractivity contribution is 7.07. The summed E-state index contributed by atoms with van der Waals surface area (Å²) in [7, 11) is 0. The third-order valence-corrected chi connectivity index (χ3v) is 5.66. The number of thiophene rings is 1. The SMILES string of the molecule is Cc1noc(C)c1CN1CCC(NC(=O)CCc2ccsc2)CCC1=O. The van der Waals surface area contributed by atoms with Crippen LogP contribution >= 0.6 is 11.3 Å². The Morgan fingerprint density at radius 2 is 2.27 bits per heavy atom. The molecule has 0 radical (unpaired) electrons. The van der Waals surface area contributed by atoms with Crippen LogP contribution in [0.4, 0.5) is 0 Å². The Bertz CT molecular complexity index is 735. The summed E-state index contributed by atoms with van der Waals surface area (Å²) in [5.74, 6) is 0.950. The molecule has 6 nitrogen and oxygen atoms in total. The van der Waals surface area contributed by atoms with E-state index in [-0.39, 0.29) is 17.9 Å². The molecule has 0 saturated carbocycles. The molecular weight excluding hydrogens is 350 g/mol. The Labute approximate surface area is 157 Å². The third-order valence-electron chi connectivity index (χ3n) is 4.92. The molecule has 1 fully saturated rings. The maximum atomic E-state index is 12.4. The third kappa shape index (κ3) is 4.72. The van der Waals surface area contributed by atoms with Crippen LogP contribution in [-0.4, -0.2) is 34.5 Å². The van der Waals surface area contributed by atoms with Crippen LogP contribution in [-0.2, 0) is 22.6 Å². The quantitative estimate of drug-likeness (QED) is 0.842. The van der Waals surface area contributed by atoms with E-state index >= 15 is 0 Å². The minimum Gasteiger partial charge on any atom is -0.361 e. The lowest BCUT2D eigenvalue weighted by Crippen LogP contribution is -2.36. The summed E-state index contributed by atoms with van der Waals surface area (Å²) in [6.07, 6.45) is 3.18. The first kappa shape index (κ1) is 18.6. The van der Waals surface area contributed by atoms with E-state index in [1.54, 1.807) is 11.3 Å². The van der Waals surface area contributed by atoms with Gasteiger partial charge in [-0.3, -0.25) is 9.59 Å². The summed E-state index contributed by atoms with van der Waals surface area (Å²) >= 11 is 1.65. The smallest absolute Gasteiger partial charge is 0.222 e. The number of carbonyl (C=O) groups is 2. The van der Waals surface area contributed by atoms with Crippen molar-refractivity contribution in [3.8, 4) is 0 Å². The predicted molar refractivity (Wildman–Crippen MR) is 99.8 cm³/mol. The first-order chi connectivity index (χ1) is 12.5. The number of carbonyl (C=O) groups excluding carboxylic acids is 2. The molecule has 1 aliphatic rings. The van der Waals surface area contributed by atoms with Crippen LogP contribution in [0.5, 0.6) is 0 Å². The molecular formula is C19H25N3O3S. The highest BCUT2D eigenvalue weighted by atomic mass is 32.1. The van der Waals surface area contributed by atoms with E-state index in [4.69, 9.17) is 4.52 Å². The molecule has 1 aliphatic heterocycles. The van der Waals surface area contributed by atoms with Gasteiger partial charge in [0.2, 0.25) is 11.8 Å². The Hall–Kier alpha value is -2.15. The molecule has 1 N–H and O–H groups in total. The molecule has 3 rings (SSSR count). The Kier molecular flexibility index (Phi) is 6.08. The molecule has 0 aliphatic carbocycles. The molecule has 2 amide bonds. The average molecular weight is 375 g/mol. The maximum absolute atomic E-state index is 12.4. The lowest BCUT2D eigenvalue weighted by atomic mass is 10.1. The van der Waals surface area contributed by atoms with Crippen LogP contribution < -0.4 is 5.32 Å². The molecule has 7 heteroatoms. The van der Waals surface area contributed by atoms with Crippen molar-refractivity contribution in [2.45, 2.75) is 58.5 Å². The van der Waals surface area contributed by atoms with Crippen molar-refractivity contribution in [3.05, 3.63) is 39.4 Å². The van der Waals surface area contributed by atoms with Gasteiger partial charge in [0.15, 0.2) is 0 Å². The average Bonchev–Trinajstić information content (AvgIpc) is 3.21. The van der Waals surface area contributed by atoms with Crippen molar-refractivity contribution in [3.63, 3.8) is 0 Å². The van der Waals surface area contributed by atoms with Gasteiger partial charge in [0, 0.05) is 31.0 Å². The van der Waals surface area contributed by atoms with Crippen molar-refractivity contribution in [1.29, 1.82) is 0 Å². The zero-order valence-electron chi connectivity index (χ0n) is 15.3. The molecule has 1 saturated heterocycles. The summed E-state index contributed by atoms with van der Waals surface area (Å²) in [6.45, 7) is 4.93. The fourth-order valence-electron chi connectivity index (χ4n) is 3.26. The van der Waals surface area contributed by atoms with Gasteiger partial charge in [0.25, 0.3) is 0 Å². The number of likely N-dealkylation sites (tertiary alicyclic amines) is 1. The first-order valence-corrected chi connectivity index (χ1v) is 9.97. The number of rotatable bonds is 6. The van der Waals surface area contributed by atoms with Gasteiger partial charge in [-0.15, -0.1) is 0 Å². The van der Waals surface area contributed by atoms with E-state index in [1.807, 2.05) is 24.1 Å². The van der Waals surface area contributed by atoms with Crippen LogP contribution in [0.3, 0.4) is 0 Å². The van der Waals surface area contributed by atoms with Crippen molar-refractivity contribution < 1.29 is 14.1 Å². The maximum Gasteiger partial charge on any atom is 0.222 e. The molecule has 2 aromatic rings. The molecule has 2 aromatic heterocycles. The topological polar surface area (TPSA) is 75.4 Å². The van der Waals surface area contributed by atoms with E-state index in [0.29, 0.717) is 32.4 Å².